The number of nitrogens with zero attached hydrogens (tertiary/aromatic N) is 1. The number of sulfonamides is 1. The van der Waals surface area contributed by atoms with Gasteiger partial charge in [0.2, 0.25) is 10.0 Å². The maximum absolute atomic E-state index is 13.1. The van der Waals surface area contributed by atoms with E-state index in [1.54, 1.807) is 18.2 Å². The highest BCUT2D eigenvalue weighted by Gasteiger charge is 2.39. The van der Waals surface area contributed by atoms with Crippen LogP contribution in [-0.4, -0.2) is 29.9 Å². The minimum Gasteiger partial charge on any atom is -0.351 e. The lowest BCUT2D eigenvalue weighted by Crippen LogP contribution is -2.49. The molecule has 0 spiro atoms. The van der Waals surface area contributed by atoms with Crippen LogP contribution in [0.1, 0.15) is 20.8 Å². The topological polar surface area (TPSA) is 57.6 Å². The van der Waals surface area contributed by atoms with Gasteiger partial charge in [0.15, 0.2) is 0 Å². The zero-order chi connectivity index (χ0) is 13.3. The standard InChI is InChI=1S/C11H16FNO3S/c1-11(2,3)13(10(12)14)17(15,16)9-7-5-4-6-8-9/h4-8,10,14H,1-3H3. The summed E-state index contributed by atoms with van der Waals surface area (Å²) in [6.07, 6.45) is 0. The van der Waals surface area contributed by atoms with Crippen LogP contribution < -0.4 is 0 Å². The SMILES string of the molecule is CC(C)(C)N(C(O)F)S(=O)(=O)c1ccccc1. The first-order valence-corrected chi connectivity index (χ1v) is 6.53. The quantitative estimate of drug-likeness (QED) is 0.666. The lowest BCUT2D eigenvalue weighted by Gasteiger charge is -2.34. The summed E-state index contributed by atoms with van der Waals surface area (Å²) in [5.41, 5.74) is -1.05. The van der Waals surface area contributed by atoms with Gasteiger partial charge in [-0.2, -0.15) is 4.39 Å². The molecule has 4 nitrogen and oxygen atoms in total. The predicted octanol–water partition coefficient (Wildman–Crippen LogP) is 1.72. The number of hydrogen-bond acceptors (Lipinski definition) is 3. The second-order valence-electron chi connectivity index (χ2n) is 4.60. The van der Waals surface area contributed by atoms with Gasteiger partial charge in [-0.25, -0.2) is 8.42 Å². The van der Waals surface area contributed by atoms with E-state index in [0.29, 0.717) is 4.31 Å². The maximum Gasteiger partial charge on any atom is 0.269 e. The van der Waals surface area contributed by atoms with Crippen molar-refractivity contribution in [1.29, 1.82) is 0 Å². The molecule has 1 atom stereocenters. The van der Waals surface area contributed by atoms with Gasteiger partial charge in [-0.3, -0.25) is 0 Å². The van der Waals surface area contributed by atoms with Crippen molar-refractivity contribution in [2.45, 2.75) is 37.7 Å². The van der Waals surface area contributed by atoms with Crippen LogP contribution in [0.4, 0.5) is 4.39 Å². The van der Waals surface area contributed by atoms with E-state index in [1.165, 1.54) is 32.9 Å². The molecule has 1 N–H and O–H groups in total. The van der Waals surface area contributed by atoms with Crippen LogP contribution in [-0.2, 0) is 10.0 Å². The zero-order valence-corrected chi connectivity index (χ0v) is 10.8. The minimum absolute atomic E-state index is 0.0494. The first kappa shape index (κ1) is 14.1. The molecule has 0 saturated heterocycles. The molecule has 0 bridgehead atoms. The lowest BCUT2D eigenvalue weighted by molar-refractivity contribution is -0.0813. The molecule has 1 rings (SSSR count). The molecule has 0 aliphatic rings. The molecule has 6 heteroatoms. The van der Waals surface area contributed by atoms with E-state index < -0.39 is 22.0 Å². The number of rotatable bonds is 3. The lowest BCUT2D eigenvalue weighted by atomic mass is 10.1. The molecule has 0 heterocycles. The van der Waals surface area contributed by atoms with E-state index in [1.807, 2.05) is 0 Å². The number of aliphatic hydroxyl groups excluding tert-OH is 1. The molecule has 1 aromatic rings. The van der Waals surface area contributed by atoms with E-state index in [4.69, 9.17) is 5.11 Å². The monoisotopic (exact) mass is 261 g/mol. The third kappa shape index (κ3) is 3.02. The summed E-state index contributed by atoms with van der Waals surface area (Å²) >= 11 is 0. The van der Waals surface area contributed by atoms with Crippen molar-refractivity contribution in [2.75, 3.05) is 0 Å². The van der Waals surface area contributed by atoms with Gasteiger partial charge in [-0.05, 0) is 32.9 Å². The van der Waals surface area contributed by atoms with Crippen molar-refractivity contribution in [3.8, 4) is 0 Å². The van der Waals surface area contributed by atoms with E-state index >= 15 is 0 Å². The van der Waals surface area contributed by atoms with Gasteiger partial charge in [0.1, 0.15) is 0 Å². The summed E-state index contributed by atoms with van der Waals surface area (Å²) in [4.78, 5) is -0.0494. The van der Waals surface area contributed by atoms with Crippen molar-refractivity contribution in [1.82, 2.24) is 4.31 Å². The van der Waals surface area contributed by atoms with Crippen LogP contribution in [0.2, 0.25) is 0 Å². The summed E-state index contributed by atoms with van der Waals surface area (Å²) in [6, 6.07) is 7.45. The molecule has 0 fully saturated rings. The molecule has 0 aromatic heterocycles. The highest BCUT2D eigenvalue weighted by Crippen LogP contribution is 2.26. The molecule has 1 aromatic carbocycles. The molecule has 0 saturated carbocycles. The fourth-order valence-electron chi connectivity index (χ4n) is 1.50. The van der Waals surface area contributed by atoms with Crippen molar-refractivity contribution in [3.63, 3.8) is 0 Å². The number of aliphatic hydroxyl groups is 1. The van der Waals surface area contributed by atoms with Gasteiger partial charge in [0.25, 0.3) is 6.48 Å². The van der Waals surface area contributed by atoms with Gasteiger partial charge < -0.3 is 5.11 Å². The van der Waals surface area contributed by atoms with E-state index in [9.17, 15) is 12.8 Å². The predicted molar refractivity (Wildman–Crippen MR) is 62.3 cm³/mol. The molecule has 0 amide bonds. The third-order valence-electron chi connectivity index (χ3n) is 2.15. The van der Waals surface area contributed by atoms with E-state index in [2.05, 4.69) is 0 Å². The average molecular weight is 261 g/mol. The molecule has 1 unspecified atom stereocenters. The van der Waals surface area contributed by atoms with Gasteiger partial charge in [0, 0.05) is 5.54 Å². The largest absolute Gasteiger partial charge is 0.351 e. The fraction of sp³-hybridized carbons (Fsp3) is 0.455. The Labute approximate surface area is 101 Å². The molecule has 17 heavy (non-hydrogen) atoms. The first-order valence-electron chi connectivity index (χ1n) is 5.09. The maximum atomic E-state index is 13.1. The zero-order valence-electron chi connectivity index (χ0n) is 9.96. The van der Waals surface area contributed by atoms with Crippen LogP contribution >= 0.6 is 0 Å². The summed E-state index contributed by atoms with van der Waals surface area (Å²) in [5, 5.41) is 9.02. The van der Waals surface area contributed by atoms with Crippen LogP contribution in [0, 0.1) is 0 Å². The van der Waals surface area contributed by atoms with Crippen molar-refractivity contribution >= 4 is 10.0 Å². The second kappa shape index (κ2) is 4.72. The highest BCUT2D eigenvalue weighted by atomic mass is 32.2. The Morgan fingerprint density at radius 2 is 1.71 bits per heavy atom. The number of benzene rings is 1. The van der Waals surface area contributed by atoms with Gasteiger partial charge in [0.05, 0.1) is 4.90 Å². The Morgan fingerprint density at radius 1 is 1.24 bits per heavy atom. The third-order valence-corrected chi connectivity index (χ3v) is 4.26. The van der Waals surface area contributed by atoms with Gasteiger partial charge in [-0.1, -0.05) is 18.2 Å². The van der Waals surface area contributed by atoms with Gasteiger partial charge in [-0.15, -0.1) is 4.31 Å². The van der Waals surface area contributed by atoms with Crippen molar-refractivity contribution in [3.05, 3.63) is 30.3 Å². The number of alkyl halides is 1. The van der Waals surface area contributed by atoms with Crippen molar-refractivity contribution < 1.29 is 17.9 Å². The summed E-state index contributed by atoms with van der Waals surface area (Å²) < 4.78 is 37.9. The normalized spacial score (nSPS) is 14.9. The molecular weight excluding hydrogens is 245 g/mol. The Balaban J connectivity index is 3.30. The molecular formula is C11H16FNO3S. The molecule has 0 aliphatic heterocycles. The Bertz CT molecular complexity index is 465. The van der Waals surface area contributed by atoms with Crippen LogP contribution in [0.15, 0.2) is 35.2 Å². The smallest absolute Gasteiger partial charge is 0.269 e. The first-order chi connectivity index (χ1) is 7.67. The summed E-state index contributed by atoms with van der Waals surface area (Å²) in [6.45, 7) is 1.96. The second-order valence-corrected chi connectivity index (χ2v) is 6.41. The summed E-state index contributed by atoms with van der Waals surface area (Å²) in [7, 11) is -4.05. The van der Waals surface area contributed by atoms with Crippen molar-refractivity contribution in [2.24, 2.45) is 0 Å². The van der Waals surface area contributed by atoms with Crippen LogP contribution in [0.25, 0.3) is 0 Å². The van der Waals surface area contributed by atoms with Crippen LogP contribution in [0.3, 0.4) is 0 Å². The fourth-order valence-corrected chi connectivity index (χ4v) is 3.18. The number of halogens is 1. The Kier molecular flexibility index (Phi) is 3.91. The molecule has 96 valence electrons. The Morgan fingerprint density at radius 3 is 2.06 bits per heavy atom. The average Bonchev–Trinajstić information content (AvgIpc) is 2.15. The van der Waals surface area contributed by atoms with Gasteiger partial charge >= 0.3 is 0 Å². The van der Waals surface area contributed by atoms with E-state index in [-0.39, 0.29) is 4.90 Å². The molecule has 0 aliphatic carbocycles. The van der Waals surface area contributed by atoms with E-state index in [0.717, 1.165) is 0 Å². The Hall–Kier alpha value is -0.980. The highest BCUT2D eigenvalue weighted by molar-refractivity contribution is 7.89. The number of hydrogen-bond donors (Lipinski definition) is 1. The summed E-state index contributed by atoms with van der Waals surface area (Å²) in [5.74, 6) is 0. The van der Waals surface area contributed by atoms with Crippen LogP contribution in [0.5, 0.6) is 0 Å². The molecule has 0 radical (unpaired) electrons. The minimum atomic E-state index is -4.05.